The van der Waals surface area contributed by atoms with Crippen molar-refractivity contribution in [2.24, 2.45) is 5.92 Å². The molecule has 4 aromatic rings. The Morgan fingerprint density at radius 1 is 1.11 bits per heavy atom. The monoisotopic (exact) mass is 557 g/mol. The molecule has 2 atom stereocenters. The van der Waals surface area contributed by atoms with Gasteiger partial charge in [0.25, 0.3) is 0 Å². The van der Waals surface area contributed by atoms with Crippen LogP contribution in [0.4, 0.5) is 5.82 Å². The highest BCUT2D eigenvalue weighted by Gasteiger charge is 2.26. The van der Waals surface area contributed by atoms with Crippen molar-refractivity contribution in [2.45, 2.75) is 17.7 Å². The lowest BCUT2D eigenvalue weighted by Crippen LogP contribution is -2.39. The minimum atomic E-state index is -1.53. The molecule has 11 heteroatoms. The van der Waals surface area contributed by atoms with Crippen LogP contribution in [0.5, 0.6) is 17.2 Å². The van der Waals surface area contributed by atoms with Gasteiger partial charge in [-0.1, -0.05) is 12.1 Å². The molecule has 0 radical (unpaired) electrons. The molecular weight excluding hydrogens is 534 g/mol. The van der Waals surface area contributed by atoms with E-state index in [9.17, 15) is 19.5 Å². The first-order valence-corrected chi connectivity index (χ1v) is 13.1. The number of piperidine rings is 1. The first kappa shape index (κ1) is 23.6. The molecule has 35 heavy (non-hydrogen) atoms. The van der Waals surface area contributed by atoms with Gasteiger partial charge in [-0.15, -0.1) is 0 Å². The van der Waals surface area contributed by atoms with E-state index in [0.29, 0.717) is 41.4 Å². The number of phenols is 3. The van der Waals surface area contributed by atoms with Gasteiger partial charge in [0, 0.05) is 37.3 Å². The summed E-state index contributed by atoms with van der Waals surface area (Å²) in [4.78, 5) is 4.96. The van der Waals surface area contributed by atoms with Crippen LogP contribution in [0.3, 0.4) is 0 Å². The zero-order chi connectivity index (χ0) is 24.5. The van der Waals surface area contributed by atoms with Crippen molar-refractivity contribution in [2.75, 3.05) is 25.0 Å². The zero-order valence-electron chi connectivity index (χ0n) is 18.6. The number of aromatic hydroxyl groups is 3. The lowest BCUT2D eigenvalue weighted by molar-refractivity contribution is 0.285. The summed E-state index contributed by atoms with van der Waals surface area (Å²) in [6.45, 7) is 1.86. The van der Waals surface area contributed by atoms with E-state index in [2.05, 4.69) is 31.3 Å². The molecule has 0 amide bonds. The van der Waals surface area contributed by atoms with Crippen LogP contribution in [0.2, 0.25) is 0 Å². The molecule has 0 saturated carbocycles. The molecule has 3 heterocycles. The second-order valence-corrected chi connectivity index (χ2v) is 10.8. The van der Waals surface area contributed by atoms with Crippen LogP contribution in [0.15, 0.2) is 64.1 Å². The molecule has 182 valence electrons. The Balaban J connectivity index is 1.35. The molecule has 2 aromatic heterocycles. The van der Waals surface area contributed by atoms with Crippen molar-refractivity contribution < 1.29 is 19.5 Å². The molecule has 0 bridgehead atoms. The maximum Gasteiger partial charge on any atom is 0.172 e. The molecule has 9 nitrogen and oxygen atoms in total. The second kappa shape index (κ2) is 9.84. The Bertz CT molecular complexity index is 1410. The molecule has 0 aliphatic carbocycles. The molecule has 2 unspecified atom stereocenters. The normalized spacial score (nSPS) is 17.5. The van der Waals surface area contributed by atoms with E-state index in [1.54, 1.807) is 22.8 Å². The number of rotatable bonds is 6. The standard InChI is InChI=1S/C24H24BrN5O4S/c25-18-13-27-30-23(11-19(28-24(18)30)17-5-1-2-6-20(17)32)26-12-15-4-3-9-29(14-15)35(34)22-8-7-16(31)10-21(22)33/h1-2,5-8,10-11,13,15,26,31-33H,3-4,9,12,14H2. The Hall–Kier alpha value is -3.15. The van der Waals surface area contributed by atoms with Crippen molar-refractivity contribution in [3.8, 4) is 28.5 Å². The molecule has 1 aliphatic heterocycles. The van der Waals surface area contributed by atoms with E-state index in [4.69, 9.17) is 0 Å². The van der Waals surface area contributed by atoms with Crippen LogP contribution in [0.25, 0.3) is 16.9 Å². The number of halogens is 1. The quantitative estimate of drug-likeness (QED) is 0.281. The largest absolute Gasteiger partial charge is 0.508 e. The van der Waals surface area contributed by atoms with Crippen molar-refractivity contribution in [3.63, 3.8) is 0 Å². The lowest BCUT2D eigenvalue weighted by atomic mass is 10.00. The predicted octanol–water partition coefficient (Wildman–Crippen LogP) is 4.12. The van der Waals surface area contributed by atoms with E-state index in [-0.39, 0.29) is 23.2 Å². The summed E-state index contributed by atoms with van der Waals surface area (Å²) in [6, 6.07) is 13.0. The summed E-state index contributed by atoms with van der Waals surface area (Å²) in [6.07, 6.45) is 3.52. The van der Waals surface area contributed by atoms with E-state index >= 15 is 0 Å². The number of hydrogen-bond donors (Lipinski definition) is 4. The Kier molecular flexibility index (Phi) is 6.63. The smallest absolute Gasteiger partial charge is 0.172 e. The van der Waals surface area contributed by atoms with E-state index < -0.39 is 11.0 Å². The van der Waals surface area contributed by atoms with Crippen LogP contribution in [0.1, 0.15) is 12.8 Å². The molecule has 1 aliphatic rings. The van der Waals surface area contributed by atoms with Crippen molar-refractivity contribution >= 4 is 38.4 Å². The predicted molar refractivity (Wildman–Crippen MR) is 137 cm³/mol. The number of benzene rings is 2. The molecular formula is C24H24BrN5O4S. The number of nitrogens with one attached hydrogen (secondary N) is 1. The van der Waals surface area contributed by atoms with E-state index in [0.717, 1.165) is 23.1 Å². The van der Waals surface area contributed by atoms with E-state index in [1.165, 1.54) is 18.2 Å². The highest BCUT2D eigenvalue weighted by Crippen LogP contribution is 2.32. The average molecular weight is 558 g/mol. The minimum absolute atomic E-state index is 0.0684. The van der Waals surface area contributed by atoms with Gasteiger partial charge in [0.1, 0.15) is 34.1 Å². The summed E-state index contributed by atoms with van der Waals surface area (Å²) in [5.41, 5.74) is 1.87. The third-order valence-corrected chi connectivity index (χ3v) is 8.11. The third-order valence-electron chi connectivity index (χ3n) is 6.03. The van der Waals surface area contributed by atoms with Crippen molar-refractivity contribution in [1.29, 1.82) is 0 Å². The number of hydrogen-bond acceptors (Lipinski definition) is 7. The molecule has 5 rings (SSSR count). The SMILES string of the molecule is O=S(c1ccc(O)cc1O)N1CCCC(CNc2cc(-c3ccccc3O)nc3c(Br)cnn23)C1. The van der Waals surface area contributed by atoms with Gasteiger partial charge in [0.05, 0.1) is 21.3 Å². The summed E-state index contributed by atoms with van der Waals surface area (Å²) in [7, 11) is -1.53. The number of nitrogens with zero attached hydrogens (tertiary/aromatic N) is 4. The Morgan fingerprint density at radius 3 is 2.74 bits per heavy atom. The fourth-order valence-corrected chi connectivity index (χ4v) is 5.97. The summed E-state index contributed by atoms with van der Waals surface area (Å²) >= 11 is 3.50. The minimum Gasteiger partial charge on any atom is -0.508 e. The van der Waals surface area contributed by atoms with Crippen LogP contribution >= 0.6 is 15.9 Å². The van der Waals surface area contributed by atoms with Gasteiger partial charge >= 0.3 is 0 Å². The van der Waals surface area contributed by atoms with Crippen molar-refractivity contribution in [3.05, 3.63) is 59.2 Å². The molecule has 2 aromatic carbocycles. The van der Waals surface area contributed by atoms with Gasteiger partial charge in [-0.3, -0.25) is 0 Å². The van der Waals surface area contributed by atoms with Gasteiger partial charge in [-0.25, -0.2) is 13.5 Å². The van der Waals surface area contributed by atoms with Gasteiger partial charge in [0.2, 0.25) is 0 Å². The van der Waals surface area contributed by atoms with E-state index in [1.807, 2.05) is 22.5 Å². The molecule has 4 N–H and O–H groups in total. The molecule has 0 spiro atoms. The first-order chi connectivity index (χ1) is 16.9. The Morgan fingerprint density at radius 2 is 1.94 bits per heavy atom. The highest BCUT2D eigenvalue weighted by molar-refractivity contribution is 9.10. The number of phenolic OH excluding ortho intramolecular Hbond substituents is 3. The van der Waals surface area contributed by atoms with Crippen LogP contribution < -0.4 is 5.32 Å². The average Bonchev–Trinajstić information content (AvgIpc) is 3.23. The fourth-order valence-electron chi connectivity index (χ4n) is 4.28. The topological polar surface area (TPSA) is 123 Å². The maximum absolute atomic E-state index is 13.1. The number of aromatic nitrogens is 3. The molecule has 1 saturated heterocycles. The number of para-hydroxylation sites is 1. The number of anilines is 1. The summed E-state index contributed by atoms with van der Waals surface area (Å²) < 4.78 is 17.4. The maximum atomic E-state index is 13.1. The zero-order valence-corrected chi connectivity index (χ0v) is 21.0. The van der Waals surface area contributed by atoms with Gasteiger partial charge in [-0.05, 0) is 59.0 Å². The van der Waals surface area contributed by atoms with Gasteiger partial charge in [-0.2, -0.15) is 9.61 Å². The van der Waals surface area contributed by atoms with Crippen LogP contribution in [-0.2, 0) is 11.0 Å². The Labute approximate surface area is 212 Å². The van der Waals surface area contributed by atoms with Gasteiger partial charge in [0.15, 0.2) is 5.65 Å². The van der Waals surface area contributed by atoms with Crippen LogP contribution in [-0.4, -0.2) is 58.1 Å². The summed E-state index contributed by atoms with van der Waals surface area (Å²) in [5.74, 6) is 0.842. The number of fused-ring (bicyclic) bond motifs is 1. The fraction of sp³-hybridized carbons (Fsp3) is 0.250. The van der Waals surface area contributed by atoms with Gasteiger partial charge < -0.3 is 20.6 Å². The second-order valence-electron chi connectivity index (χ2n) is 8.45. The first-order valence-electron chi connectivity index (χ1n) is 11.2. The summed E-state index contributed by atoms with van der Waals surface area (Å²) in [5, 5.41) is 37.9. The highest BCUT2D eigenvalue weighted by atomic mass is 79.9. The third kappa shape index (κ3) is 4.84. The van der Waals surface area contributed by atoms with Crippen LogP contribution in [0, 0.1) is 5.92 Å². The van der Waals surface area contributed by atoms with Crippen molar-refractivity contribution in [1.82, 2.24) is 18.9 Å². The lowest BCUT2D eigenvalue weighted by Gasteiger charge is -2.32. The molecule has 1 fully saturated rings.